The molecule has 1 unspecified atom stereocenters. The first-order chi connectivity index (χ1) is 6.68. The van der Waals surface area contributed by atoms with Crippen molar-refractivity contribution in [2.45, 2.75) is 32.9 Å². The summed E-state index contributed by atoms with van der Waals surface area (Å²) in [5.41, 5.74) is 2.69. The molecule has 1 aromatic carbocycles. The predicted molar refractivity (Wildman–Crippen MR) is 60.5 cm³/mol. The third kappa shape index (κ3) is 1.79. The fourth-order valence-corrected chi connectivity index (χ4v) is 2.46. The summed E-state index contributed by atoms with van der Waals surface area (Å²) in [7, 11) is 0. The fraction of sp³-hybridized carbons (Fsp3) is 0.500. The van der Waals surface area contributed by atoms with Gasteiger partial charge in [-0.15, -0.1) is 0 Å². The van der Waals surface area contributed by atoms with Crippen molar-refractivity contribution in [1.29, 1.82) is 0 Å². The van der Waals surface area contributed by atoms with Crippen molar-refractivity contribution < 1.29 is 0 Å². The van der Waals surface area contributed by atoms with E-state index in [1.54, 1.807) is 0 Å². The first-order valence-corrected chi connectivity index (χ1v) is 5.57. The van der Waals surface area contributed by atoms with Crippen LogP contribution in [0.1, 0.15) is 37.4 Å². The molecular formula is C12H16ClN. The van der Waals surface area contributed by atoms with Gasteiger partial charge in [0.1, 0.15) is 0 Å². The summed E-state index contributed by atoms with van der Waals surface area (Å²) in [5.74, 6) is 0.703. The van der Waals surface area contributed by atoms with Gasteiger partial charge in [0, 0.05) is 17.6 Å². The Bertz CT molecular complexity index is 333. The van der Waals surface area contributed by atoms with E-state index in [1.807, 2.05) is 12.1 Å². The number of hydrogen-bond acceptors (Lipinski definition) is 1. The van der Waals surface area contributed by atoms with Crippen molar-refractivity contribution in [1.82, 2.24) is 5.32 Å². The molecule has 1 aliphatic heterocycles. The summed E-state index contributed by atoms with van der Waals surface area (Å²) in [5, 5.41) is 4.42. The van der Waals surface area contributed by atoms with Crippen LogP contribution in [-0.4, -0.2) is 0 Å². The largest absolute Gasteiger partial charge is 0.306 e. The van der Waals surface area contributed by atoms with Crippen LogP contribution >= 0.6 is 11.6 Å². The molecule has 14 heavy (non-hydrogen) atoms. The Kier molecular flexibility index (Phi) is 2.80. The number of rotatable bonds is 2. The lowest BCUT2D eigenvalue weighted by atomic mass is 9.97. The number of nitrogens with one attached hydrogen (secondary N) is 1. The van der Waals surface area contributed by atoms with Crippen LogP contribution in [0.3, 0.4) is 0 Å². The van der Waals surface area contributed by atoms with Gasteiger partial charge in [-0.05, 0) is 29.5 Å². The quantitative estimate of drug-likeness (QED) is 0.786. The zero-order valence-electron chi connectivity index (χ0n) is 8.68. The monoisotopic (exact) mass is 209 g/mol. The fourth-order valence-electron chi connectivity index (χ4n) is 2.13. The average molecular weight is 210 g/mol. The standard InChI is InChI=1S/C12H16ClN/c1-8(2)6-11-12-9(7-14-11)4-3-5-10(12)13/h3-5,8,11,14H,6-7H2,1-2H3. The van der Waals surface area contributed by atoms with Crippen LogP contribution in [0, 0.1) is 5.92 Å². The number of fused-ring (bicyclic) bond motifs is 1. The molecule has 0 amide bonds. The minimum absolute atomic E-state index is 0.457. The van der Waals surface area contributed by atoms with Crippen molar-refractivity contribution in [2.24, 2.45) is 5.92 Å². The minimum atomic E-state index is 0.457. The molecule has 1 aliphatic rings. The van der Waals surface area contributed by atoms with E-state index in [9.17, 15) is 0 Å². The molecule has 2 heteroatoms. The van der Waals surface area contributed by atoms with Gasteiger partial charge in [-0.3, -0.25) is 0 Å². The summed E-state index contributed by atoms with van der Waals surface area (Å²) < 4.78 is 0. The van der Waals surface area contributed by atoms with Crippen molar-refractivity contribution in [3.8, 4) is 0 Å². The maximum atomic E-state index is 6.21. The highest BCUT2D eigenvalue weighted by atomic mass is 35.5. The molecule has 0 saturated heterocycles. The predicted octanol–water partition coefficient (Wildman–Crippen LogP) is 3.53. The maximum Gasteiger partial charge on any atom is 0.0457 e. The Morgan fingerprint density at radius 1 is 1.50 bits per heavy atom. The molecule has 0 fully saturated rings. The van der Waals surface area contributed by atoms with Gasteiger partial charge in [0.05, 0.1) is 0 Å². The summed E-state index contributed by atoms with van der Waals surface area (Å²) in [4.78, 5) is 0. The molecule has 1 atom stereocenters. The van der Waals surface area contributed by atoms with Gasteiger partial charge in [0.25, 0.3) is 0 Å². The molecule has 1 heterocycles. The molecular weight excluding hydrogens is 194 g/mol. The van der Waals surface area contributed by atoms with E-state index in [-0.39, 0.29) is 0 Å². The summed E-state index contributed by atoms with van der Waals surface area (Å²) in [6.07, 6.45) is 1.16. The highest BCUT2D eigenvalue weighted by Gasteiger charge is 2.24. The second-order valence-electron chi connectivity index (χ2n) is 4.38. The van der Waals surface area contributed by atoms with Gasteiger partial charge in [0.15, 0.2) is 0 Å². The van der Waals surface area contributed by atoms with E-state index in [0.29, 0.717) is 12.0 Å². The molecule has 2 rings (SSSR count). The van der Waals surface area contributed by atoms with Crippen LogP contribution in [0.5, 0.6) is 0 Å². The maximum absolute atomic E-state index is 6.21. The van der Waals surface area contributed by atoms with Crippen LogP contribution in [-0.2, 0) is 6.54 Å². The third-order valence-corrected chi connectivity index (χ3v) is 3.07. The van der Waals surface area contributed by atoms with Gasteiger partial charge in [-0.2, -0.15) is 0 Å². The number of hydrogen-bond donors (Lipinski definition) is 1. The molecule has 0 aromatic heterocycles. The zero-order valence-corrected chi connectivity index (χ0v) is 9.43. The van der Waals surface area contributed by atoms with Crippen LogP contribution in [0.15, 0.2) is 18.2 Å². The lowest BCUT2D eigenvalue weighted by Gasteiger charge is -2.15. The molecule has 0 bridgehead atoms. The number of benzene rings is 1. The number of halogens is 1. The van der Waals surface area contributed by atoms with Gasteiger partial charge < -0.3 is 5.32 Å². The highest BCUT2D eigenvalue weighted by Crippen LogP contribution is 2.35. The SMILES string of the molecule is CC(C)CC1NCc2cccc(Cl)c21. The Morgan fingerprint density at radius 3 is 3.00 bits per heavy atom. The average Bonchev–Trinajstić information content (AvgIpc) is 2.49. The van der Waals surface area contributed by atoms with Crippen molar-refractivity contribution >= 4 is 11.6 Å². The van der Waals surface area contributed by atoms with Crippen LogP contribution < -0.4 is 5.32 Å². The Balaban J connectivity index is 2.29. The van der Waals surface area contributed by atoms with Crippen molar-refractivity contribution in [2.75, 3.05) is 0 Å². The molecule has 1 aromatic rings. The molecule has 1 N–H and O–H groups in total. The third-order valence-electron chi connectivity index (χ3n) is 2.74. The molecule has 0 saturated carbocycles. The van der Waals surface area contributed by atoms with Crippen molar-refractivity contribution in [3.05, 3.63) is 34.3 Å². The van der Waals surface area contributed by atoms with E-state index in [0.717, 1.165) is 18.0 Å². The highest BCUT2D eigenvalue weighted by molar-refractivity contribution is 6.31. The van der Waals surface area contributed by atoms with Gasteiger partial charge in [0.2, 0.25) is 0 Å². The van der Waals surface area contributed by atoms with Crippen LogP contribution in [0.25, 0.3) is 0 Å². The van der Waals surface area contributed by atoms with Crippen LogP contribution in [0.2, 0.25) is 5.02 Å². The van der Waals surface area contributed by atoms with E-state index >= 15 is 0 Å². The first-order valence-electron chi connectivity index (χ1n) is 5.19. The van der Waals surface area contributed by atoms with Crippen molar-refractivity contribution in [3.63, 3.8) is 0 Å². The Hall–Kier alpha value is -0.530. The van der Waals surface area contributed by atoms with E-state index < -0.39 is 0 Å². The Labute approximate surface area is 90.5 Å². The van der Waals surface area contributed by atoms with Gasteiger partial charge in [-0.1, -0.05) is 37.6 Å². The molecule has 76 valence electrons. The van der Waals surface area contributed by atoms with E-state index in [4.69, 9.17) is 11.6 Å². The lowest BCUT2D eigenvalue weighted by Crippen LogP contribution is -2.14. The van der Waals surface area contributed by atoms with Gasteiger partial charge in [-0.25, -0.2) is 0 Å². The summed E-state index contributed by atoms with van der Waals surface area (Å²) in [6.45, 7) is 5.46. The molecule has 0 radical (unpaired) electrons. The topological polar surface area (TPSA) is 12.0 Å². The summed E-state index contributed by atoms with van der Waals surface area (Å²) >= 11 is 6.21. The molecule has 1 nitrogen and oxygen atoms in total. The zero-order chi connectivity index (χ0) is 10.1. The first kappa shape index (κ1) is 10.0. The van der Waals surface area contributed by atoms with Gasteiger partial charge >= 0.3 is 0 Å². The molecule has 0 aliphatic carbocycles. The second kappa shape index (κ2) is 3.92. The minimum Gasteiger partial charge on any atom is -0.306 e. The van der Waals surface area contributed by atoms with Crippen LogP contribution in [0.4, 0.5) is 0 Å². The Morgan fingerprint density at radius 2 is 2.29 bits per heavy atom. The summed E-state index contributed by atoms with van der Waals surface area (Å²) in [6, 6.07) is 6.63. The lowest BCUT2D eigenvalue weighted by molar-refractivity contribution is 0.455. The van der Waals surface area contributed by atoms with E-state index in [1.165, 1.54) is 11.1 Å². The normalized spacial score (nSPS) is 20.1. The van der Waals surface area contributed by atoms with E-state index in [2.05, 4.69) is 25.2 Å². The smallest absolute Gasteiger partial charge is 0.0457 e. The molecule has 0 spiro atoms. The second-order valence-corrected chi connectivity index (χ2v) is 4.78.